The molecule has 0 radical (unpaired) electrons. The van der Waals surface area contributed by atoms with E-state index in [1.807, 2.05) is 18.2 Å². The molecule has 0 bridgehead atoms. The summed E-state index contributed by atoms with van der Waals surface area (Å²) in [5.41, 5.74) is 3.52. The van der Waals surface area contributed by atoms with Gasteiger partial charge in [-0.05, 0) is 35.2 Å². The lowest BCUT2D eigenvalue weighted by Gasteiger charge is -2.14. The number of aliphatic hydroxyl groups excluding tert-OH is 1. The van der Waals surface area contributed by atoms with Crippen LogP contribution in [0, 0.1) is 0 Å². The molecule has 2 rings (SSSR count). The number of benzene rings is 2. The molecule has 20 heavy (non-hydrogen) atoms. The Kier molecular flexibility index (Phi) is 5.60. The Morgan fingerprint density at radius 3 is 2.35 bits per heavy atom. The van der Waals surface area contributed by atoms with E-state index in [1.165, 1.54) is 11.1 Å². The molecule has 0 fully saturated rings. The molecule has 0 aliphatic rings. The first-order valence-corrected chi connectivity index (χ1v) is 7.29. The molecule has 0 spiro atoms. The molecule has 2 aromatic carbocycles. The summed E-state index contributed by atoms with van der Waals surface area (Å²) in [5.74, 6) is 0. The van der Waals surface area contributed by atoms with Crippen molar-refractivity contribution in [3.63, 3.8) is 0 Å². The molecular weight excluding hydrogens is 270 g/mol. The minimum Gasteiger partial charge on any atom is -0.387 e. The van der Waals surface area contributed by atoms with Gasteiger partial charge >= 0.3 is 0 Å². The van der Waals surface area contributed by atoms with Crippen LogP contribution in [0.3, 0.4) is 0 Å². The predicted molar refractivity (Wildman–Crippen MR) is 83.9 cm³/mol. The maximum absolute atomic E-state index is 10.1. The van der Waals surface area contributed by atoms with Gasteiger partial charge < -0.3 is 10.4 Å². The molecule has 2 N–H and O–H groups in total. The normalized spacial score (nSPS) is 12.3. The van der Waals surface area contributed by atoms with E-state index in [0.717, 1.165) is 18.5 Å². The first-order valence-electron chi connectivity index (χ1n) is 6.91. The lowest BCUT2D eigenvalue weighted by molar-refractivity contribution is 0.174. The Balaban J connectivity index is 1.87. The molecule has 0 aliphatic carbocycles. The lowest BCUT2D eigenvalue weighted by atomic mass is 10.1. The summed E-state index contributed by atoms with van der Waals surface area (Å²) in [6, 6.07) is 15.7. The van der Waals surface area contributed by atoms with E-state index in [1.54, 1.807) is 12.1 Å². The first kappa shape index (κ1) is 15.0. The van der Waals surface area contributed by atoms with Crippen LogP contribution in [0.2, 0.25) is 5.02 Å². The Hall–Kier alpha value is -1.35. The van der Waals surface area contributed by atoms with E-state index in [9.17, 15) is 5.11 Å². The fourth-order valence-electron chi connectivity index (χ4n) is 2.22. The summed E-state index contributed by atoms with van der Waals surface area (Å²) in [4.78, 5) is 0. The van der Waals surface area contributed by atoms with E-state index in [2.05, 4.69) is 30.4 Å². The van der Waals surface area contributed by atoms with Crippen molar-refractivity contribution in [2.24, 2.45) is 0 Å². The summed E-state index contributed by atoms with van der Waals surface area (Å²) in [6.07, 6.45) is 0.512. The van der Waals surface area contributed by atoms with Crippen LogP contribution in [0.1, 0.15) is 29.7 Å². The van der Waals surface area contributed by atoms with E-state index in [4.69, 9.17) is 11.6 Å². The van der Waals surface area contributed by atoms with Gasteiger partial charge in [-0.15, -0.1) is 0 Å². The van der Waals surface area contributed by atoms with Gasteiger partial charge in [-0.3, -0.25) is 0 Å². The lowest BCUT2D eigenvalue weighted by Crippen LogP contribution is -2.21. The minimum atomic E-state index is -0.513. The minimum absolute atomic E-state index is 0.513. The highest BCUT2D eigenvalue weighted by atomic mass is 35.5. The van der Waals surface area contributed by atoms with Crippen LogP contribution >= 0.6 is 11.6 Å². The zero-order chi connectivity index (χ0) is 14.4. The van der Waals surface area contributed by atoms with Crippen LogP contribution in [0.5, 0.6) is 0 Å². The van der Waals surface area contributed by atoms with Gasteiger partial charge in [0.25, 0.3) is 0 Å². The molecule has 0 aromatic heterocycles. The topological polar surface area (TPSA) is 32.3 Å². The number of aryl methyl sites for hydroxylation is 1. The monoisotopic (exact) mass is 289 g/mol. The maximum Gasteiger partial charge on any atom is 0.0914 e. The summed E-state index contributed by atoms with van der Waals surface area (Å²) in [7, 11) is 0. The average Bonchev–Trinajstić information content (AvgIpc) is 2.48. The molecule has 2 nitrogen and oxygen atoms in total. The summed E-state index contributed by atoms with van der Waals surface area (Å²) < 4.78 is 0. The number of halogens is 1. The van der Waals surface area contributed by atoms with E-state index >= 15 is 0 Å². The van der Waals surface area contributed by atoms with Crippen molar-refractivity contribution in [2.75, 3.05) is 6.54 Å². The number of nitrogens with one attached hydrogen (secondary N) is 1. The highest BCUT2D eigenvalue weighted by Gasteiger charge is 2.07. The third-order valence-corrected chi connectivity index (χ3v) is 3.66. The quantitative estimate of drug-likeness (QED) is 0.849. The Morgan fingerprint density at radius 2 is 1.70 bits per heavy atom. The van der Waals surface area contributed by atoms with Gasteiger partial charge in [-0.1, -0.05) is 54.9 Å². The van der Waals surface area contributed by atoms with Gasteiger partial charge in [-0.2, -0.15) is 0 Å². The van der Waals surface area contributed by atoms with Gasteiger partial charge in [0.2, 0.25) is 0 Å². The molecule has 0 amide bonds. The SMILES string of the molecule is CCc1ccccc1CNCC(O)c1ccc(Cl)cc1. The number of rotatable bonds is 6. The van der Waals surface area contributed by atoms with Gasteiger partial charge in [0.15, 0.2) is 0 Å². The average molecular weight is 290 g/mol. The molecule has 2 aromatic rings. The molecule has 106 valence electrons. The molecule has 1 unspecified atom stereocenters. The van der Waals surface area contributed by atoms with Gasteiger partial charge in [-0.25, -0.2) is 0 Å². The van der Waals surface area contributed by atoms with Crippen molar-refractivity contribution >= 4 is 11.6 Å². The third kappa shape index (κ3) is 4.07. The van der Waals surface area contributed by atoms with Crippen LogP contribution in [0.25, 0.3) is 0 Å². The fourth-order valence-corrected chi connectivity index (χ4v) is 2.35. The van der Waals surface area contributed by atoms with E-state index < -0.39 is 6.10 Å². The van der Waals surface area contributed by atoms with Crippen LogP contribution in [-0.4, -0.2) is 11.7 Å². The number of hydrogen-bond acceptors (Lipinski definition) is 2. The standard InChI is InChI=1S/C17H20ClNO/c1-2-13-5-3-4-6-15(13)11-19-12-17(20)14-7-9-16(18)10-8-14/h3-10,17,19-20H,2,11-12H2,1H3. The molecule has 0 aliphatic heterocycles. The Labute approximate surface area is 125 Å². The van der Waals surface area contributed by atoms with Crippen LogP contribution in [-0.2, 0) is 13.0 Å². The fraction of sp³-hybridized carbons (Fsp3) is 0.294. The van der Waals surface area contributed by atoms with E-state index in [0.29, 0.717) is 11.6 Å². The van der Waals surface area contributed by atoms with Crippen molar-refractivity contribution < 1.29 is 5.11 Å². The summed E-state index contributed by atoms with van der Waals surface area (Å²) in [5, 5.41) is 14.1. The predicted octanol–water partition coefficient (Wildman–Crippen LogP) is 3.73. The summed E-state index contributed by atoms with van der Waals surface area (Å²) >= 11 is 5.84. The second-order valence-corrected chi connectivity index (χ2v) is 5.26. The van der Waals surface area contributed by atoms with Crippen LogP contribution in [0.15, 0.2) is 48.5 Å². The van der Waals surface area contributed by atoms with Crippen molar-refractivity contribution in [3.05, 3.63) is 70.2 Å². The Morgan fingerprint density at radius 1 is 1.05 bits per heavy atom. The number of hydrogen-bond donors (Lipinski definition) is 2. The number of aliphatic hydroxyl groups is 1. The van der Waals surface area contributed by atoms with Crippen LogP contribution in [0.4, 0.5) is 0 Å². The zero-order valence-electron chi connectivity index (χ0n) is 11.6. The van der Waals surface area contributed by atoms with Gasteiger partial charge in [0.05, 0.1) is 6.10 Å². The first-order chi connectivity index (χ1) is 9.70. The second kappa shape index (κ2) is 7.44. The van der Waals surface area contributed by atoms with Crippen LogP contribution < -0.4 is 5.32 Å². The zero-order valence-corrected chi connectivity index (χ0v) is 12.4. The second-order valence-electron chi connectivity index (χ2n) is 4.82. The van der Waals surface area contributed by atoms with Crippen molar-refractivity contribution in [2.45, 2.75) is 26.0 Å². The molecule has 0 saturated heterocycles. The Bertz CT molecular complexity index is 539. The highest BCUT2D eigenvalue weighted by Crippen LogP contribution is 2.16. The smallest absolute Gasteiger partial charge is 0.0914 e. The van der Waals surface area contributed by atoms with Crippen molar-refractivity contribution in [1.82, 2.24) is 5.32 Å². The molecule has 0 heterocycles. The van der Waals surface area contributed by atoms with Crippen molar-refractivity contribution in [1.29, 1.82) is 0 Å². The van der Waals surface area contributed by atoms with Gasteiger partial charge in [0, 0.05) is 18.1 Å². The third-order valence-electron chi connectivity index (χ3n) is 3.41. The van der Waals surface area contributed by atoms with E-state index in [-0.39, 0.29) is 0 Å². The largest absolute Gasteiger partial charge is 0.387 e. The maximum atomic E-state index is 10.1. The van der Waals surface area contributed by atoms with Crippen molar-refractivity contribution in [3.8, 4) is 0 Å². The molecular formula is C17H20ClNO. The molecule has 0 saturated carbocycles. The highest BCUT2D eigenvalue weighted by molar-refractivity contribution is 6.30. The van der Waals surface area contributed by atoms with Gasteiger partial charge in [0.1, 0.15) is 0 Å². The summed E-state index contributed by atoms with van der Waals surface area (Å²) in [6.45, 7) is 3.45. The molecule has 3 heteroatoms. The molecule has 1 atom stereocenters.